The number of aromatic nitrogens is 1. The number of rotatable bonds is 4. The first-order valence-electron chi connectivity index (χ1n) is 7.28. The molecule has 0 aliphatic carbocycles. The van der Waals surface area contributed by atoms with Gasteiger partial charge in [-0.3, -0.25) is 0 Å². The molecule has 1 aromatic heterocycles. The summed E-state index contributed by atoms with van der Waals surface area (Å²) in [4.78, 5) is 16.1. The Bertz CT molecular complexity index is 873. The van der Waals surface area contributed by atoms with Gasteiger partial charge in [0.1, 0.15) is 18.6 Å². The molecule has 0 aliphatic rings. The molecule has 0 aliphatic heterocycles. The second kappa shape index (κ2) is 6.80. The first-order valence-corrected chi connectivity index (χ1v) is 7.28. The molecule has 0 atom stereocenters. The Morgan fingerprint density at radius 3 is 2.44 bits per heavy atom. The molecule has 2 aromatic carbocycles. The molecule has 0 N–H and O–H groups in total. The smallest absolute Gasteiger partial charge is 0.417 e. The summed E-state index contributed by atoms with van der Waals surface area (Å²) < 4.78 is 49.0. The van der Waals surface area contributed by atoms with Crippen LogP contribution in [0, 0.1) is 0 Å². The maximum absolute atomic E-state index is 12.9. The number of benzene rings is 2. The van der Waals surface area contributed by atoms with E-state index in [0.717, 1.165) is 17.7 Å². The highest BCUT2D eigenvalue weighted by molar-refractivity contribution is 5.91. The molecule has 7 heteroatoms. The molecule has 1 heterocycles. The summed E-state index contributed by atoms with van der Waals surface area (Å²) in [5.41, 5.74) is -0.536. The topological polar surface area (TPSA) is 52.3 Å². The molecule has 0 radical (unpaired) electrons. The average molecular weight is 347 g/mol. The maximum Gasteiger partial charge on any atom is 0.417 e. The molecule has 3 aromatic rings. The van der Waals surface area contributed by atoms with Gasteiger partial charge in [0, 0.05) is 5.56 Å². The second-order valence-corrected chi connectivity index (χ2v) is 5.13. The van der Waals surface area contributed by atoms with Crippen LogP contribution >= 0.6 is 0 Å². The van der Waals surface area contributed by atoms with Crippen molar-refractivity contribution >= 4 is 5.97 Å². The molecule has 0 bridgehead atoms. The zero-order chi connectivity index (χ0) is 17.9. The minimum atomic E-state index is -4.63. The van der Waals surface area contributed by atoms with Crippen LogP contribution in [0.25, 0.3) is 11.5 Å². The molecule has 0 saturated carbocycles. The highest BCUT2D eigenvalue weighted by atomic mass is 19.4. The molecular formula is C18H12F3NO3. The molecule has 0 saturated heterocycles. The van der Waals surface area contributed by atoms with Crippen molar-refractivity contribution < 1.29 is 27.1 Å². The largest absolute Gasteiger partial charge is 0.455 e. The lowest BCUT2D eigenvalue weighted by Crippen LogP contribution is -2.15. The van der Waals surface area contributed by atoms with Crippen molar-refractivity contribution in [3.05, 3.63) is 77.7 Å². The summed E-state index contributed by atoms with van der Waals surface area (Å²) in [6.07, 6.45) is -3.34. The van der Waals surface area contributed by atoms with Gasteiger partial charge in [0.25, 0.3) is 0 Å². The number of hydrogen-bond acceptors (Lipinski definition) is 4. The zero-order valence-corrected chi connectivity index (χ0v) is 12.8. The highest BCUT2D eigenvalue weighted by Crippen LogP contribution is 2.32. The van der Waals surface area contributed by atoms with Crippen molar-refractivity contribution in [1.82, 2.24) is 4.98 Å². The average Bonchev–Trinajstić information content (AvgIpc) is 3.09. The van der Waals surface area contributed by atoms with Crippen molar-refractivity contribution in [3.8, 4) is 11.5 Å². The van der Waals surface area contributed by atoms with Gasteiger partial charge in [-0.25, -0.2) is 9.78 Å². The Hall–Kier alpha value is -3.09. The van der Waals surface area contributed by atoms with Gasteiger partial charge in [0.2, 0.25) is 5.89 Å². The van der Waals surface area contributed by atoms with Crippen molar-refractivity contribution in [2.45, 2.75) is 12.8 Å². The Kier molecular flexibility index (Phi) is 4.56. The maximum atomic E-state index is 12.9. The second-order valence-electron chi connectivity index (χ2n) is 5.13. The predicted octanol–water partition coefficient (Wildman–Crippen LogP) is 4.72. The summed E-state index contributed by atoms with van der Waals surface area (Å²) in [7, 11) is 0. The third kappa shape index (κ3) is 3.88. The molecule has 0 fully saturated rings. The van der Waals surface area contributed by atoms with Crippen LogP contribution in [0.4, 0.5) is 13.2 Å². The molecule has 128 valence electrons. The Morgan fingerprint density at radius 2 is 1.72 bits per heavy atom. The minimum absolute atomic E-state index is 0.290. The molecule has 3 rings (SSSR count). The zero-order valence-electron chi connectivity index (χ0n) is 12.8. The fourth-order valence-corrected chi connectivity index (χ4v) is 2.21. The molecule has 0 spiro atoms. The molecule has 0 amide bonds. The van der Waals surface area contributed by atoms with Gasteiger partial charge < -0.3 is 9.15 Å². The third-order valence-electron chi connectivity index (χ3n) is 3.38. The van der Waals surface area contributed by atoms with Crippen LogP contribution in [0.5, 0.6) is 0 Å². The van der Waals surface area contributed by atoms with Gasteiger partial charge in [-0.05, 0) is 24.3 Å². The number of carbonyl (C=O) groups is 1. The molecule has 4 nitrogen and oxygen atoms in total. The van der Waals surface area contributed by atoms with Crippen LogP contribution < -0.4 is 0 Å². The lowest BCUT2D eigenvalue weighted by molar-refractivity contribution is -0.138. The monoisotopic (exact) mass is 347 g/mol. The number of nitrogens with zero attached hydrogens (tertiary/aromatic N) is 1. The number of oxazole rings is 1. The normalized spacial score (nSPS) is 11.3. The van der Waals surface area contributed by atoms with Crippen LogP contribution in [0.15, 0.2) is 65.3 Å². The van der Waals surface area contributed by atoms with Gasteiger partial charge >= 0.3 is 12.1 Å². The number of hydrogen-bond donors (Lipinski definition) is 0. The molecular weight excluding hydrogens is 335 g/mol. The van der Waals surface area contributed by atoms with E-state index in [0.29, 0.717) is 11.6 Å². The van der Waals surface area contributed by atoms with E-state index in [1.54, 1.807) is 12.1 Å². The van der Waals surface area contributed by atoms with E-state index in [-0.39, 0.29) is 6.61 Å². The van der Waals surface area contributed by atoms with Crippen molar-refractivity contribution in [1.29, 1.82) is 0 Å². The lowest BCUT2D eigenvalue weighted by Gasteiger charge is -2.11. The number of carbonyl (C=O) groups excluding carboxylic acids is 1. The van der Waals surface area contributed by atoms with Crippen molar-refractivity contribution in [2.75, 3.05) is 0 Å². The van der Waals surface area contributed by atoms with Gasteiger partial charge in [0.15, 0.2) is 0 Å². The van der Waals surface area contributed by atoms with E-state index < -0.39 is 23.3 Å². The third-order valence-corrected chi connectivity index (χ3v) is 3.38. The van der Waals surface area contributed by atoms with Gasteiger partial charge in [-0.15, -0.1) is 0 Å². The quantitative estimate of drug-likeness (QED) is 0.641. The lowest BCUT2D eigenvalue weighted by atomic mass is 10.1. The first-order chi connectivity index (χ1) is 11.9. The van der Waals surface area contributed by atoms with Crippen LogP contribution in [-0.2, 0) is 17.5 Å². The Morgan fingerprint density at radius 1 is 1.04 bits per heavy atom. The highest BCUT2D eigenvalue weighted by Gasteiger charge is 2.35. The fourth-order valence-electron chi connectivity index (χ4n) is 2.21. The number of alkyl halides is 3. The van der Waals surface area contributed by atoms with Gasteiger partial charge in [-0.1, -0.05) is 30.3 Å². The van der Waals surface area contributed by atoms with Crippen LogP contribution in [0.2, 0.25) is 0 Å². The van der Waals surface area contributed by atoms with Gasteiger partial charge in [0.05, 0.1) is 11.1 Å². The van der Waals surface area contributed by atoms with Crippen molar-refractivity contribution in [3.63, 3.8) is 0 Å². The Labute approximate surface area is 140 Å². The summed E-state index contributed by atoms with van der Waals surface area (Å²) in [6, 6.07) is 13.5. The minimum Gasteiger partial charge on any atom is -0.455 e. The standard InChI is InChI=1S/C18H12F3NO3/c19-18(20,21)15-9-5-4-8-14(15)17(23)25-11-13-10-24-16(22-13)12-6-2-1-3-7-12/h1-10H,11H2. The van der Waals surface area contributed by atoms with E-state index in [2.05, 4.69) is 4.98 Å². The molecule has 0 unspecified atom stereocenters. The van der Waals surface area contributed by atoms with E-state index in [1.165, 1.54) is 18.4 Å². The number of ether oxygens (including phenoxy) is 1. The Balaban J connectivity index is 1.71. The van der Waals surface area contributed by atoms with E-state index >= 15 is 0 Å². The summed E-state index contributed by atoms with van der Waals surface area (Å²) in [5.74, 6) is -0.737. The fraction of sp³-hybridized carbons (Fsp3) is 0.111. The van der Waals surface area contributed by atoms with E-state index in [9.17, 15) is 18.0 Å². The number of esters is 1. The number of halogens is 3. The summed E-state index contributed by atoms with van der Waals surface area (Å²) in [6.45, 7) is -0.290. The van der Waals surface area contributed by atoms with E-state index in [1.807, 2.05) is 18.2 Å². The van der Waals surface area contributed by atoms with E-state index in [4.69, 9.17) is 9.15 Å². The predicted molar refractivity (Wildman–Crippen MR) is 82.5 cm³/mol. The summed E-state index contributed by atoms with van der Waals surface area (Å²) >= 11 is 0. The van der Waals surface area contributed by atoms with Crippen molar-refractivity contribution in [2.24, 2.45) is 0 Å². The first kappa shape index (κ1) is 16.8. The van der Waals surface area contributed by atoms with Crippen LogP contribution in [-0.4, -0.2) is 11.0 Å². The van der Waals surface area contributed by atoms with Gasteiger partial charge in [-0.2, -0.15) is 13.2 Å². The SMILES string of the molecule is O=C(OCc1coc(-c2ccccc2)n1)c1ccccc1C(F)(F)F. The summed E-state index contributed by atoms with van der Waals surface area (Å²) in [5, 5.41) is 0. The molecule has 25 heavy (non-hydrogen) atoms. The van der Waals surface area contributed by atoms with Crippen LogP contribution in [0.1, 0.15) is 21.6 Å². The van der Waals surface area contributed by atoms with Crippen LogP contribution in [0.3, 0.4) is 0 Å².